The normalized spacial score (nSPS) is 10.8. The maximum absolute atomic E-state index is 12.5. The summed E-state index contributed by atoms with van der Waals surface area (Å²) in [5.74, 6) is -0.401. The third-order valence-electron chi connectivity index (χ3n) is 3.93. The number of sulfonamides is 1. The number of benzene rings is 2. The Bertz CT molecular complexity index is 988. The molecule has 0 radical (unpaired) electrons. The molecule has 0 atom stereocenters. The van der Waals surface area contributed by atoms with Crippen LogP contribution in [-0.4, -0.2) is 54.4 Å². The Balaban J connectivity index is 2.25. The first kappa shape index (κ1) is 22.0. The zero-order valence-corrected chi connectivity index (χ0v) is 17.3. The molecule has 2 aromatic carbocycles. The topological polar surface area (TPSA) is 111 Å². The molecule has 1 amide bonds. The number of methoxy groups -OCH3 is 3. The summed E-state index contributed by atoms with van der Waals surface area (Å²) in [6.45, 7) is -0.485. The predicted molar refractivity (Wildman–Crippen MR) is 108 cm³/mol. The number of esters is 1. The van der Waals surface area contributed by atoms with Gasteiger partial charge in [0.15, 0.2) is 0 Å². The summed E-state index contributed by atoms with van der Waals surface area (Å²) >= 11 is 0. The molecule has 0 aromatic heterocycles. The molecule has 0 aliphatic heterocycles. The zero-order chi connectivity index (χ0) is 21.6. The van der Waals surface area contributed by atoms with Gasteiger partial charge in [0.1, 0.15) is 18.0 Å². The SMILES string of the molecule is COC(=O)c1ccc(NC(=O)CN(c2cc(OC)ccc2OC)S(C)(=O)=O)cc1. The number of carbonyl (C=O) groups is 2. The van der Waals surface area contributed by atoms with Gasteiger partial charge in [0.25, 0.3) is 0 Å². The standard InChI is InChI=1S/C19H22N2O7S/c1-26-15-9-10-17(27-2)16(11-15)21(29(4,24)25)12-18(22)20-14-7-5-13(6-8-14)19(23)28-3/h5-11H,12H2,1-4H3,(H,20,22). The lowest BCUT2D eigenvalue weighted by Gasteiger charge is -2.24. The van der Waals surface area contributed by atoms with Crippen molar-refractivity contribution in [3.05, 3.63) is 48.0 Å². The van der Waals surface area contributed by atoms with Gasteiger partial charge in [-0.15, -0.1) is 0 Å². The number of carbonyl (C=O) groups excluding carboxylic acids is 2. The Morgan fingerprint density at radius 2 is 1.66 bits per heavy atom. The van der Waals surface area contributed by atoms with E-state index in [1.807, 2.05) is 0 Å². The molecule has 156 valence electrons. The number of hydrogen-bond acceptors (Lipinski definition) is 7. The van der Waals surface area contributed by atoms with E-state index in [2.05, 4.69) is 10.1 Å². The van der Waals surface area contributed by atoms with Crippen LogP contribution in [0.25, 0.3) is 0 Å². The van der Waals surface area contributed by atoms with Crippen molar-refractivity contribution in [1.29, 1.82) is 0 Å². The van der Waals surface area contributed by atoms with E-state index in [0.29, 0.717) is 17.0 Å². The van der Waals surface area contributed by atoms with E-state index < -0.39 is 28.4 Å². The van der Waals surface area contributed by atoms with E-state index >= 15 is 0 Å². The Labute approximate surface area is 169 Å². The van der Waals surface area contributed by atoms with Crippen LogP contribution in [0.2, 0.25) is 0 Å². The monoisotopic (exact) mass is 422 g/mol. The summed E-state index contributed by atoms with van der Waals surface area (Å²) < 4.78 is 40.6. The van der Waals surface area contributed by atoms with Crippen molar-refractivity contribution in [3.63, 3.8) is 0 Å². The van der Waals surface area contributed by atoms with Gasteiger partial charge in [0, 0.05) is 11.8 Å². The van der Waals surface area contributed by atoms with Crippen LogP contribution in [-0.2, 0) is 19.6 Å². The van der Waals surface area contributed by atoms with E-state index in [0.717, 1.165) is 10.6 Å². The molecule has 0 fully saturated rings. The molecule has 0 spiro atoms. The number of hydrogen-bond donors (Lipinski definition) is 1. The Hall–Kier alpha value is -3.27. The second kappa shape index (κ2) is 9.28. The highest BCUT2D eigenvalue weighted by molar-refractivity contribution is 7.92. The average molecular weight is 422 g/mol. The van der Waals surface area contributed by atoms with Gasteiger partial charge in [0.05, 0.1) is 38.8 Å². The van der Waals surface area contributed by atoms with Crippen LogP contribution in [0, 0.1) is 0 Å². The van der Waals surface area contributed by atoms with Gasteiger partial charge >= 0.3 is 5.97 Å². The summed E-state index contributed by atoms with van der Waals surface area (Å²) in [5, 5.41) is 2.60. The number of nitrogens with one attached hydrogen (secondary N) is 1. The summed E-state index contributed by atoms with van der Waals surface area (Å²) in [5.41, 5.74) is 0.892. The van der Waals surface area contributed by atoms with Crippen molar-refractivity contribution in [2.24, 2.45) is 0 Å². The minimum atomic E-state index is -3.81. The molecular formula is C19H22N2O7S. The summed E-state index contributed by atoms with van der Waals surface area (Å²) in [6, 6.07) is 10.6. The first-order valence-electron chi connectivity index (χ1n) is 8.37. The fourth-order valence-corrected chi connectivity index (χ4v) is 3.36. The van der Waals surface area contributed by atoms with Crippen molar-refractivity contribution in [1.82, 2.24) is 0 Å². The molecule has 0 aliphatic rings. The van der Waals surface area contributed by atoms with Crippen LogP contribution >= 0.6 is 0 Å². The molecule has 0 saturated carbocycles. The highest BCUT2D eigenvalue weighted by Gasteiger charge is 2.24. The summed E-state index contributed by atoms with van der Waals surface area (Å²) in [6.07, 6.45) is 0.990. The van der Waals surface area contributed by atoms with Gasteiger partial charge in [-0.05, 0) is 36.4 Å². The van der Waals surface area contributed by atoms with Crippen LogP contribution in [0.3, 0.4) is 0 Å². The highest BCUT2D eigenvalue weighted by atomic mass is 32.2. The van der Waals surface area contributed by atoms with E-state index in [-0.39, 0.29) is 11.4 Å². The Morgan fingerprint density at radius 1 is 1.00 bits per heavy atom. The second-order valence-electron chi connectivity index (χ2n) is 5.92. The van der Waals surface area contributed by atoms with Crippen LogP contribution in [0.1, 0.15) is 10.4 Å². The fraction of sp³-hybridized carbons (Fsp3) is 0.263. The van der Waals surface area contributed by atoms with Gasteiger partial charge in [-0.2, -0.15) is 0 Å². The van der Waals surface area contributed by atoms with E-state index in [1.54, 1.807) is 12.1 Å². The van der Waals surface area contributed by atoms with Crippen molar-refractivity contribution in [2.45, 2.75) is 0 Å². The van der Waals surface area contributed by atoms with Gasteiger partial charge in [-0.25, -0.2) is 13.2 Å². The minimum absolute atomic E-state index is 0.172. The molecule has 0 bridgehead atoms. The molecule has 0 unspecified atom stereocenters. The van der Waals surface area contributed by atoms with Crippen LogP contribution in [0.5, 0.6) is 11.5 Å². The quantitative estimate of drug-likeness (QED) is 0.647. The van der Waals surface area contributed by atoms with Gasteiger partial charge in [0.2, 0.25) is 15.9 Å². The fourth-order valence-electron chi connectivity index (χ4n) is 2.51. The number of anilines is 2. The van der Waals surface area contributed by atoms with Crippen molar-refractivity contribution >= 4 is 33.3 Å². The van der Waals surface area contributed by atoms with Gasteiger partial charge in [-0.1, -0.05) is 0 Å². The zero-order valence-electron chi connectivity index (χ0n) is 16.5. The minimum Gasteiger partial charge on any atom is -0.497 e. The molecule has 10 heteroatoms. The van der Waals surface area contributed by atoms with Gasteiger partial charge in [-0.3, -0.25) is 9.10 Å². The van der Waals surface area contributed by atoms with Crippen molar-refractivity contribution in [2.75, 3.05) is 43.8 Å². The van der Waals surface area contributed by atoms with E-state index in [9.17, 15) is 18.0 Å². The van der Waals surface area contributed by atoms with Crippen LogP contribution in [0.4, 0.5) is 11.4 Å². The molecule has 2 aromatic rings. The molecule has 0 heterocycles. The number of amides is 1. The van der Waals surface area contributed by atoms with Crippen molar-refractivity contribution < 1.29 is 32.2 Å². The number of ether oxygens (including phenoxy) is 3. The predicted octanol–water partition coefficient (Wildman–Crippen LogP) is 1.90. The van der Waals surface area contributed by atoms with Crippen LogP contribution in [0.15, 0.2) is 42.5 Å². The lowest BCUT2D eigenvalue weighted by Crippen LogP contribution is -2.37. The van der Waals surface area contributed by atoms with E-state index in [4.69, 9.17) is 9.47 Å². The highest BCUT2D eigenvalue weighted by Crippen LogP contribution is 2.33. The Kier molecular flexibility index (Phi) is 7.05. The maximum atomic E-state index is 12.5. The first-order chi connectivity index (χ1) is 13.7. The molecule has 0 aliphatic carbocycles. The van der Waals surface area contributed by atoms with Gasteiger partial charge < -0.3 is 19.5 Å². The summed E-state index contributed by atoms with van der Waals surface area (Å²) in [7, 11) is 0.303. The third kappa shape index (κ3) is 5.61. The summed E-state index contributed by atoms with van der Waals surface area (Å²) in [4.78, 5) is 24.0. The van der Waals surface area contributed by atoms with Crippen LogP contribution < -0.4 is 19.1 Å². The second-order valence-corrected chi connectivity index (χ2v) is 7.83. The largest absolute Gasteiger partial charge is 0.497 e. The third-order valence-corrected chi connectivity index (χ3v) is 5.06. The molecule has 1 N–H and O–H groups in total. The van der Waals surface area contributed by atoms with E-state index in [1.165, 1.54) is 51.7 Å². The molecular weight excluding hydrogens is 400 g/mol. The smallest absolute Gasteiger partial charge is 0.337 e. The molecule has 2 rings (SSSR count). The molecule has 9 nitrogen and oxygen atoms in total. The lowest BCUT2D eigenvalue weighted by molar-refractivity contribution is -0.114. The number of rotatable bonds is 8. The number of nitrogens with zero attached hydrogens (tertiary/aromatic N) is 1. The maximum Gasteiger partial charge on any atom is 0.337 e. The first-order valence-corrected chi connectivity index (χ1v) is 10.2. The average Bonchev–Trinajstić information content (AvgIpc) is 2.70. The lowest BCUT2D eigenvalue weighted by atomic mass is 10.2. The molecule has 0 saturated heterocycles. The molecule has 29 heavy (non-hydrogen) atoms. The Morgan fingerprint density at radius 3 is 2.17 bits per heavy atom. The van der Waals surface area contributed by atoms with Crippen molar-refractivity contribution in [3.8, 4) is 11.5 Å².